The summed E-state index contributed by atoms with van der Waals surface area (Å²) in [4.78, 5) is 27.7. The van der Waals surface area contributed by atoms with Crippen molar-refractivity contribution in [1.29, 1.82) is 0 Å². The normalized spacial score (nSPS) is 14.8. The van der Waals surface area contributed by atoms with Crippen molar-refractivity contribution in [3.8, 4) is 0 Å². The Kier molecular flexibility index (Phi) is 10.8. The van der Waals surface area contributed by atoms with Crippen LogP contribution >= 0.6 is 0 Å². The zero-order chi connectivity index (χ0) is 26.8. The van der Waals surface area contributed by atoms with Gasteiger partial charge in [-0.25, -0.2) is 4.79 Å². The molecule has 0 spiro atoms. The van der Waals surface area contributed by atoms with Gasteiger partial charge in [0.2, 0.25) is 0 Å². The molecule has 7 heteroatoms. The Labute approximate surface area is 221 Å². The number of amides is 2. The fourth-order valence-electron chi connectivity index (χ4n) is 5.07. The third-order valence-corrected chi connectivity index (χ3v) is 6.94. The van der Waals surface area contributed by atoms with Crippen molar-refractivity contribution in [3.63, 3.8) is 0 Å². The average molecular weight is 510 g/mol. The van der Waals surface area contributed by atoms with Crippen molar-refractivity contribution >= 4 is 29.1 Å². The van der Waals surface area contributed by atoms with Gasteiger partial charge in [-0.2, -0.15) is 0 Å². The third-order valence-electron chi connectivity index (χ3n) is 6.94. The monoisotopic (exact) mass is 509 g/mol. The van der Waals surface area contributed by atoms with E-state index in [0.717, 1.165) is 47.6 Å². The maximum atomic E-state index is 13.1. The minimum absolute atomic E-state index is 0.180. The Morgan fingerprint density at radius 2 is 1.70 bits per heavy atom. The molecule has 1 saturated carbocycles. The molecule has 2 aromatic rings. The van der Waals surface area contributed by atoms with Gasteiger partial charge in [-0.1, -0.05) is 56.9 Å². The number of carbonyl (C=O) groups excluding carboxylic acids is 2. The van der Waals surface area contributed by atoms with E-state index < -0.39 is 0 Å². The summed E-state index contributed by atoms with van der Waals surface area (Å²) in [6.45, 7) is 7.75. The Morgan fingerprint density at radius 1 is 1.00 bits per heavy atom. The SMILES string of the molecule is COCC(CC(=O)OC)c1ccc(N(CC(C)C)C2CCCCC2)c(NC(=O)Nc2ccc(C)cc2)c1. The van der Waals surface area contributed by atoms with Crippen LogP contribution < -0.4 is 15.5 Å². The first kappa shape index (κ1) is 28.5. The number of esters is 1. The maximum absolute atomic E-state index is 13.1. The van der Waals surface area contributed by atoms with Crippen molar-refractivity contribution in [2.45, 2.75) is 71.3 Å². The molecule has 2 aromatic carbocycles. The maximum Gasteiger partial charge on any atom is 0.323 e. The van der Waals surface area contributed by atoms with E-state index in [-0.39, 0.29) is 24.3 Å². The van der Waals surface area contributed by atoms with Crippen LogP contribution in [0.1, 0.15) is 69.4 Å². The van der Waals surface area contributed by atoms with Crippen LogP contribution in [0.3, 0.4) is 0 Å². The fourth-order valence-corrected chi connectivity index (χ4v) is 5.07. The van der Waals surface area contributed by atoms with Crippen LogP contribution in [0, 0.1) is 12.8 Å². The third kappa shape index (κ3) is 8.49. The van der Waals surface area contributed by atoms with Gasteiger partial charge in [0.25, 0.3) is 0 Å². The van der Waals surface area contributed by atoms with Gasteiger partial charge in [-0.3, -0.25) is 4.79 Å². The van der Waals surface area contributed by atoms with Gasteiger partial charge in [-0.15, -0.1) is 0 Å². The van der Waals surface area contributed by atoms with E-state index in [9.17, 15) is 9.59 Å². The number of nitrogens with zero attached hydrogens (tertiary/aromatic N) is 1. The van der Waals surface area contributed by atoms with E-state index >= 15 is 0 Å². The van der Waals surface area contributed by atoms with Crippen LogP contribution in [0.2, 0.25) is 0 Å². The summed E-state index contributed by atoms with van der Waals surface area (Å²) in [6, 6.07) is 14.0. The molecular weight excluding hydrogens is 466 g/mol. The summed E-state index contributed by atoms with van der Waals surface area (Å²) in [6.07, 6.45) is 6.24. The number of carbonyl (C=O) groups is 2. The first-order valence-electron chi connectivity index (χ1n) is 13.4. The second-order valence-corrected chi connectivity index (χ2v) is 10.5. The van der Waals surface area contributed by atoms with Crippen LogP contribution in [0.25, 0.3) is 0 Å². The molecule has 2 amide bonds. The van der Waals surface area contributed by atoms with E-state index in [1.807, 2.05) is 37.3 Å². The lowest BCUT2D eigenvalue weighted by atomic mass is 9.91. The number of benzene rings is 2. The minimum Gasteiger partial charge on any atom is -0.469 e. The molecule has 3 rings (SSSR count). The molecule has 0 saturated heterocycles. The lowest BCUT2D eigenvalue weighted by molar-refractivity contribution is -0.141. The summed E-state index contributed by atoms with van der Waals surface area (Å²) in [7, 11) is 3.02. The highest BCUT2D eigenvalue weighted by Crippen LogP contribution is 2.36. The predicted molar refractivity (Wildman–Crippen MR) is 151 cm³/mol. The standard InChI is InChI=1S/C30H43N3O4/c1-21(2)19-33(26-9-7-6-8-10-26)28-16-13-23(24(20-36-4)18-29(34)37-5)17-27(28)32-30(35)31-25-14-11-22(3)12-15-25/h11-17,21,24,26H,6-10,18-20H2,1-5H3,(H2,31,32,35). The van der Waals surface area contributed by atoms with E-state index in [2.05, 4.69) is 41.5 Å². The van der Waals surface area contributed by atoms with Crippen LogP contribution in [-0.4, -0.2) is 45.4 Å². The van der Waals surface area contributed by atoms with Crippen LogP contribution in [-0.2, 0) is 14.3 Å². The second-order valence-electron chi connectivity index (χ2n) is 10.5. The molecule has 0 aromatic heterocycles. The molecule has 0 radical (unpaired) electrons. The molecule has 0 heterocycles. The van der Waals surface area contributed by atoms with E-state index in [4.69, 9.17) is 9.47 Å². The molecule has 1 fully saturated rings. The van der Waals surface area contributed by atoms with Gasteiger partial charge in [0.1, 0.15) is 0 Å². The van der Waals surface area contributed by atoms with E-state index in [1.54, 1.807) is 7.11 Å². The Bertz CT molecular complexity index is 1020. The molecule has 7 nitrogen and oxygen atoms in total. The van der Waals surface area contributed by atoms with Gasteiger partial charge in [0.15, 0.2) is 0 Å². The smallest absolute Gasteiger partial charge is 0.323 e. The summed E-state index contributed by atoms with van der Waals surface area (Å²) >= 11 is 0. The van der Waals surface area contributed by atoms with Crippen LogP contribution in [0.15, 0.2) is 42.5 Å². The number of ether oxygens (including phenoxy) is 2. The highest BCUT2D eigenvalue weighted by Gasteiger charge is 2.26. The fraction of sp³-hybridized carbons (Fsp3) is 0.533. The average Bonchev–Trinajstić information content (AvgIpc) is 2.89. The van der Waals surface area contributed by atoms with Gasteiger partial charge >= 0.3 is 12.0 Å². The number of urea groups is 1. The topological polar surface area (TPSA) is 79.9 Å². The van der Waals surface area contributed by atoms with E-state index in [1.165, 1.54) is 26.4 Å². The Morgan fingerprint density at radius 3 is 2.32 bits per heavy atom. The quantitative estimate of drug-likeness (QED) is 0.328. The van der Waals surface area contributed by atoms with E-state index in [0.29, 0.717) is 18.6 Å². The largest absolute Gasteiger partial charge is 0.469 e. The number of anilines is 3. The highest BCUT2D eigenvalue weighted by molar-refractivity contribution is 6.02. The Hall–Kier alpha value is -3.06. The number of nitrogens with one attached hydrogen (secondary N) is 2. The molecule has 202 valence electrons. The zero-order valence-corrected chi connectivity index (χ0v) is 23.0. The number of methoxy groups -OCH3 is 2. The summed E-state index contributed by atoms with van der Waals surface area (Å²) < 4.78 is 10.3. The van der Waals surface area contributed by atoms with Crippen molar-refractivity contribution in [2.24, 2.45) is 5.92 Å². The van der Waals surface area contributed by atoms with Crippen molar-refractivity contribution in [2.75, 3.05) is 42.9 Å². The highest BCUT2D eigenvalue weighted by atomic mass is 16.5. The lowest BCUT2D eigenvalue weighted by Crippen LogP contribution is -2.40. The predicted octanol–water partition coefficient (Wildman–Crippen LogP) is 6.73. The number of rotatable bonds is 11. The van der Waals surface area contributed by atoms with Crippen LogP contribution in [0.5, 0.6) is 0 Å². The molecule has 0 bridgehead atoms. The van der Waals surface area contributed by atoms with Gasteiger partial charge < -0.3 is 25.0 Å². The number of hydrogen-bond donors (Lipinski definition) is 2. The van der Waals surface area contributed by atoms with Crippen molar-refractivity contribution < 1.29 is 19.1 Å². The zero-order valence-electron chi connectivity index (χ0n) is 23.0. The van der Waals surface area contributed by atoms with Crippen molar-refractivity contribution in [3.05, 3.63) is 53.6 Å². The Balaban J connectivity index is 1.97. The van der Waals surface area contributed by atoms with Gasteiger partial charge in [0, 0.05) is 31.3 Å². The summed E-state index contributed by atoms with van der Waals surface area (Å²) in [5.74, 6) is -0.00164. The molecule has 1 aliphatic carbocycles. The molecule has 1 unspecified atom stereocenters. The molecule has 1 atom stereocenters. The molecule has 1 aliphatic rings. The molecule has 2 N–H and O–H groups in total. The van der Waals surface area contributed by atoms with Gasteiger partial charge in [0.05, 0.1) is 31.5 Å². The first-order chi connectivity index (χ1) is 17.8. The summed E-state index contributed by atoms with van der Waals surface area (Å²) in [5, 5.41) is 6.07. The molecular formula is C30H43N3O4. The lowest BCUT2D eigenvalue weighted by Gasteiger charge is -2.38. The first-order valence-corrected chi connectivity index (χ1v) is 13.4. The minimum atomic E-state index is -0.299. The summed E-state index contributed by atoms with van der Waals surface area (Å²) in [5.41, 5.74) is 4.54. The number of aryl methyl sites for hydroxylation is 1. The van der Waals surface area contributed by atoms with Crippen LogP contribution in [0.4, 0.5) is 21.9 Å². The van der Waals surface area contributed by atoms with Crippen molar-refractivity contribution in [1.82, 2.24) is 0 Å². The number of hydrogen-bond acceptors (Lipinski definition) is 5. The van der Waals surface area contributed by atoms with Gasteiger partial charge in [-0.05, 0) is 55.5 Å². The molecule has 37 heavy (non-hydrogen) atoms. The second kappa shape index (κ2) is 14.0. The molecule has 0 aliphatic heterocycles.